The van der Waals surface area contributed by atoms with Crippen LogP contribution in [0.3, 0.4) is 0 Å². The number of amides is 1. The minimum Gasteiger partial charge on any atom is -0.363 e. The van der Waals surface area contributed by atoms with E-state index in [-0.39, 0.29) is 11.6 Å². The Morgan fingerprint density at radius 3 is 2.59 bits per heavy atom. The van der Waals surface area contributed by atoms with Crippen molar-refractivity contribution in [3.8, 4) is 21.8 Å². The number of nitrogens with one attached hydrogen (secondary N) is 1. The van der Waals surface area contributed by atoms with Crippen molar-refractivity contribution in [2.75, 3.05) is 13.1 Å². The molecule has 3 N–H and O–H groups in total. The van der Waals surface area contributed by atoms with Gasteiger partial charge in [-0.3, -0.25) is 4.79 Å². The second kappa shape index (κ2) is 7.50. The van der Waals surface area contributed by atoms with E-state index in [9.17, 15) is 9.18 Å². The summed E-state index contributed by atoms with van der Waals surface area (Å²) in [4.78, 5) is 25.4. The maximum atomic E-state index is 13.4. The molecule has 3 aromatic rings. The fourth-order valence-electron chi connectivity index (χ4n) is 3.16. The molecule has 1 aromatic carbocycles. The number of carbonyl (C=O) groups excluding carboxylic acids is 1. The van der Waals surface area contributed by atoms with Crippen molar-refractivity contribution in [2.45, 2.75) is 18.8 Å². The van der Waals surface area contributed by atoms with E-state index in [1.807, 2.05) is 0 Å². The van der Waals surface area contributed by atoms with E-state index in [1.54, 1.807) is 29.5 Å². The molecule has 4 rings (SSSR count). The van der Waals surface area contributed by atoms with Crippen molar-refractivity contribution < 1.29 is 9.18 Å². The van der Waals surface area contributed by atoms with Crippen LogP contribution in [0.1, 0.15) is 34.4 Å². The van der Waals surface area contributed by atoms with Crippen molar-refractivity contribution in [3.05, 3.63) is 53.2 Å². The maximum absolute atomic E-state index is 13.4. The molecule has 0 radical (unpaired) electrons. The van der Waals surface area contributed by atoms with Gasteiger partial charge >= 0.3 is 0 Å². The number of thiazole rings is 1. The fraction of sp³-hybridized carbons (Fsp3) is 0.263. The zero-order valence-electron chi connectivity index (χ0n) is 14.5. The number of piperidine rings is 1. The van der Waals surface area contributed by atoms with E-state index in [1.165, 1.54) is 18.3 Å². The van der Waals surface area contributed by atoms with E-state index in [2.05, 4.69) is 15.3 Å². The SMILES string of the molecule is NC(=O)c1nccc(-c2sc(C3CCNCC3)nc2-c2ccc(F)cc2)n1. The lowest BCUT2D eigenvalue weighted by molar-refractivity contribution is 0.0990. The van der Waals surface area contributed by atoms with Crippen LogP contribution in [0.4, 0.5) is 4.39 Å². The highest BCUT2D eigenvalue weighted by molar-refractivity contribution is 7.15. The smallest absolute Gasteiger partial charge is 0.286 e. The van der Waals surface area contributed by atoms with E-state index in [0.717, 1.165) is 47.1 Å². The molecule has 0 atom stereocenters. The summed E-state index contributed by atoms with van der Waals surface area (Å²) >= 11 is 1.56. The molecule has 1 fully saturated rings. The molecule has 1 amide bonds. The summed E-state index contributed by atoms with van der Waals surface area (Å²) in [6.45, 7) is 1.93. The van der Waals surface area contributed by atoms with Gasteiger partial charge in [-0.2, -0.15) is 0 Å². The Balaban J connectivity index is 1.83. The number of hydrogen-bond donors (Lipinski definition) is 2. The van der Waals surface area contributed by atoms with Gasteiger partial charge in [-0.1, -0.05) is 0 Å². The minimum atomic E-state index is -0.678. The molecule has 0 saturated carbocycles. The number of nitrogens with zero attached hydrogens (tertiary/aromatic N) is 3. The van der Waals surface area contributed by atoms with Crippen LogP contribution in [-0.4, -0.2) is 33.9 Å². The van der Waals surface area contributed by atoms with Gasteiger partial charge in [-0.05, 0) is 56.3 Å². The van der Waals surface area contributed by atoms with Crippen LogP contribution < -0.4 is 11.1 Å². The third-order valence-electron chi connectivity index (χ3n) is 4.56. The van der Waals surface area contributed by atoms with Crippen LogP contribution >= 0.6 is 11.3 Å². The number of hydrogen-bond acceptors (Lipinski definition) is 6. The molecule has 1 saturated heterocycles. The molecule has 6 nitrogen and oxygen atoms in total. The molecule has 0 spiro atoms. The quantitative estimate of drug-likeness (QED) is 0.722. The molecule has 8 heteroatoms. The summed E-state index contributed by atoms with van der Waals surface area (Å²) in [6, 6.07) is 7.97. The first kappa shape index (κ1) is 17.7. The van der Waals surface area contributed by atoms with Crippen molar-refractivity contribution in [1.29, 1.82) is 0 Å². The Morgan fingerprint density at radius 2 is 1.89 bits per heavy atom. The second-order valence-corrected chi connectivity index (χ2v) is 7.42. The van der Waals surface area contributed by atoms with Crippen molar-refractivity contribution in [3.63, 3.8) is 0 Å². The van der Waals surface area contributed by atoms with Crippen molar-refractivity contribution >= 4 is 17.2 Å². The van der Waals surface area contributed by atoms with E-state index in [0.29, 0.717) is 11.6 Å². The Morgan fingerprint density at radius 1 is 1.15 bits per heavy atom. The van der Waals surface area contributed by atoms with E-state index in [4.69, 9.17) is 10.7 Å². The van der Waals surface area contributed by atoms with E-state index >= 15 is 0 Å². The highest BCUT2D eigenvalue weighted by atomic mass is 32.1. The van der Waals surface area contributed by atoms with Gasteiger partial charge in [-0.15, -0.1) is 11.3 Å². The predicted octanol–water partition coefficient (Wildman–Crippen LogP) is 2.97. The molecular weight excluding hydrogens is 365 g/mol. The highest BCUT2D eigenvalue weighted by Gasteiger charge is 2.23. The van der Waals surface area contributed by atoms with Gasteiger partial charge in [0, 0.05) is 17.7 Å². The van der Waals surface area contributed by atoms with Crippen LogP contribution in [0.25, 0.3) is 21.8 Å². The Hall–Kier alpha value is -2.71. The standard InChI is InChI=1S/C19H18FN5OS/c20-13-3-1-11(2-4-13)15-16(14-7-10-23-18(24-14)17(21)26)27-19(25-15)12-5-8-22-9-6-12/h1-4,7,10,12,22H,5-6,8-9H2,(H2,21,26). The van der Waals surface area contributed by atoms with E-state index < -0.39 is 5.91 Å². The van der Waals surface area contributed by atoms with Crippen LogP contribution in [-0.2, 0) is 0 Å². The summed E-state index contributed by atoms with van der Waals surface area (Å²) in [7, 11) is 0. The third kappa shape index (κ3) is 3.72. The summed E-state index contributed by atoms with van der Waals surface area (Å²) < 4.78 is 13.4. The number of primary amides is 1. The Labute approximate surface area is 159 Å². The number of rotatable bonds is 4. The summed E-state index contributed by atoms with van der Waals surface area (Å²) in [5.41, 5.74) is 7.46. The van der Waals surface area contributed by atoms with Gasteiger partial charge in [0.15, 0.2) is 0 Å². The van der Waals surface area contributed by atoms with Crippen LogP contribution in [0, 0.1) is 5.82 Å². The minimum absolute atomic E-state index is 0.0330. The summed E-state index contributed by atoms with van der Waals surface area (Å²) in [6.07, 6.45) is 3.55. The first-order chi connectivity index (χ1) is 13.1. The Bertz CT molecular complexity index is 966. The largest absolute Gasteiger partial charge is 0.363 e. The van der Waals surface area contributed by atoms with Gasteiger partial charge in [0.2, 0.25) is 5.82 Å². The zero-order chi connectivity index (χ0) is 18.8. The lowest BCUT2D eigenvalue weighted by atomic mass is 9.99. The average Bonchev–Trinajstić information content (AvgIpc) is 3.15. The van der Waals surface area contributed by atoms with Gasteiger partial charge in [-0.25, -0.2) is 19.3 Å². The first-order valence-corrected chi connectivity index (χ1v) is 9.54. The lowest BCUT2D eigenvalue weighted by Crippen LogP contribution is -2.26. The van der Waals surface area contributed by atoms with Crippen LogP contribution in [0.5, 0.6) is 0 Å². The molecule has 2 aromatic heterocycles. The monoisotopic (exact) mass is 383 g/mol. The molecule has 3 heterocycles. The molecule has 0 bridgehead atoms. The third-order valence-corrected chi connectivity index (χ3v) is 5.80. The summed E-state index contributed by atoms with van der Waals surface area (Å²) in [5.74, 6) is -0.633. The predicted molar refractivity (Wildman–Crippen MR) is 102 cm³/mol. The maximum Gasteiger partial charge on any atom is 0.286 e. The Kier molecular flexibility index (Phi) is 4.91. The van der Waals surface area contributed by atoms with Crippen molar-refractivity contribution in [1.82, 2.24) is 20.3 Å². The topological polar surface area (TPSA) is 93.8 Å². The number of carbonyl (C=O) groups is 1. The first-order valence-electron chi connectivity index (χ1n) is 8.72. The normalized spacial score (nSPS) is 15.0. The van der Waals surface area contributed by atoms with Gasteiger partial charge < -0.3 is 11.1 Å². The molecule has 0 aliphatic carbocycles. The molecule has 1 aliphatic heterocycles. The second-order valence-electron chi connectivity index (χ2n) is 6.39. The molecule has 1 aliphatic rings. The van der Waals surface area contributed by atoms with Gasteiger partial charge in [0.25, 0.3) is 5.91 Å². The average molecular weight is 383 g/mol. The van der Waals surface area contributed by atoms with Gasteiger partial charge in [0.1, 0.15) is 5.82 Å². The number of aromatic nitrogens is 3. The van der Waals surface area contributed by atoms with Gasteiger partial charge in [0.05, 0.1) is 21.3 Å². The number of halogens is 1. The van der Waals surface area contributed by atoms with Crippen molar-refractivity contribution in [2.24, 2.45) is 5.73 Å². The molecule has 27 heavy (non-hydrogen) atoms. The number of benzene rings is 1. The lowest BCUT2D eigenvalue weighted by Gasteiger charge is -2.20. The molecule has 138 valence electrons. The molecule has 0 unspecified atom stereocenters. The van der Waals surface area contributed by atoms with Crippen LogP contribution in [0.15, 0.2) is 36.5 Å². The summed E-state index contributed by atoms with van der Waals surface area (Å²) in [5, 5.41) is 4.39. The van der Waals surface area contributed by atoms with Crippen LogP contribution in [0.2, 0.25) is 0 Å². The number of nitrogens with two attached hydrogens (primary N) is 1. The molecular formula is C19H18FN5OS. The highest BCUT2D eigenvalue weighted by Crippen LogP contribution is 2.40. The zero-order valence-corrected chi connectivity index (χ0v) is 15.3. The fourth-order valence-corrected chi connectivity index (χ4v) is 4.39.